The van der Waals surface area contributed by atoms with Gasteiger partial charge in [-0.2, -0.15) is 0 Å². The Balaban J connectivity index is 1.77. The molecule has 1 aliphatic rings. The number of amides is 3. The fourth-order valence-corrected chi connectivity index (χ4v) is 1.93. The molecule has 2 rings (SSSR count). The second kappa shape index (κ2) is 5.52. The van der Waals surface area contributed by atoms with Gasteiger partial charge in [-0.25, -0.2) is 9.78 Å². The van der Waals surface area contributed by atoms with Crippen LogP contribution in [-0.2, 0) is 4.79 Å². The molecule has 1 aromatic rings. The molecule has 98 valence electrons. The summed E-state index contributed by atoms with van der Waals surface area (Å²) in [5, 5.41) is 5.26. The van der Waals surface area contributed by atoms with Gasteiger partial charge in [-0.3, -0.25) is 10.1 Å². The van der Waals surface area contributed by atoms with Gasteiger partial charge in [0.1, 0.15) is 6.26 Å². The number of oxazole rings is 1. The van der Waals surface area contributed by atoms with Gasteiger partial charge in [-0.05, 0) is 6.42 Å². The topological polar surface area (TPSA) is 87.5 Å². The molecule has 7 heteroatoms. The van der Waals surface area contributed by atoms with Crippen molar-refractivity contribution < 1.29 is 14.0 Å². The highest BCUT2D eigenvalue weighted by Gasteiger charge is 2.26. The van der Waals surface area contributed by atoms with Gasteiger partial charge in [0.25, 0.3) is 0 Å². The summed E-state index contributed by atoms with van der Waals surface area (Å²) in [5.74, 6) is 0.118. The maximum absolute atomic E-state index is 11.6. The largest absolute Gasteiger partial charge is 0.432 e. The maximum Gasteiger partial charge on any atom is 0.323 e. The van der Waals surface area contributed by atoms with Gasteiger partial charge in [-0.1, -0.05) is 6.92 Å². The fourth-order valence-electron chi connectivity index (χ4n) is 1.93. The van der Waals surface area contributed by atoms with Crippen LogP contribution in [0.15, 0.2) is 16.9 Å². The molecule has 1 aliphatic heterocycles. The maximum atomic E-state index is 11.6. The molecule has 2 heterocycles. The minimum Gasteiger partial charge on any atom is -0.432 e. The molecule has 3 amide bonds. The molecule has 0 aliphatic carbocycles. The highest BCUT2D eigenvalue weighted by atomic mass is 16.4. The Morgan fingerprint density at radius 3 is 3.11 bits per heavy atom. The Morgan fingerprint density at radius 1 is 1.61 bits per heavy atom. The summed E-state index contributed by atoms with van der Waals surface area (Å²) in [6, 6.07) is -0.226. The van der Waals surface area contributed by atoms with Gasteiger partial charge < -0.3 is 14.6 Å². The minimum atomic E-state index is -0.367. The number of anilines is 1. The summed E-state index contributed by atoms with van der Waals surface area (Å²) >= 11 is 0. The van der Waals surface area contributed by atoms with Crippen molar-refractivity contribution >= 4 is 18.0 Å². The third kappa shape index (κ3) is 2.99. The van der Waals surface area contributed by atoms with E-state index in [0.29, 0.717) is 19.5 Å². The highest BCUT2D eigenvalue weighted by molar-refractivity contribution is 5.87. The first kappa shape index (κ1) is 12.4. The first-order valence-electron chi connectivity index (χ1n) is 5.94. The zero-order valence-electron chi connectivity index (χ0n) is 10.2. The highest BCUT2D eigenvalue weighted by Crippen LogP contribution is 2.10. The van der Waals surface area contributed by atoms with Crippen LogP contribution in [0.1, 0.15) is 19.8 Å². The van der Waals surface area contributed by atoms with Crippen molar-refractivity contribution in [3.05, 3.63) is 12.5 Å². The second-order valence-corrected chi connectivity index (χ2v) is 4.11. The molecular formula is C11H16N4O3. The molecule has 1 aromatic heterocycles. The van der Waals surface area contributed by atoms with Gasteiger partial charge >= 0.3 is 12.0 Å². The average Bonchev–Trinajstić information content (AvgIpc) is 2.99. The Kier molecular flexibility index (Phi) is 3.81. The number of likely N-dealkylation sites (tertiary alicyclic amines) is 1. The Labute approximate surface area is 105 Å². The van der Waals surface area contributed by atoms with Crippen molar-refractivity contribution in [2.75, 3.05) is 18.4 Å². The molecule has 0 radical (unpaired) electrons. The summed E-state index contributed by atoms with van der Waals surface area (Å²) in [5.41, 5.74) is 0. The van der Waals surface area contributed by atoms with Crippen LogP contribution >= 0.6 is 0 Å². The Bertz CT molecular complexity index is 418. The van der Waals surface area contributed by atoms with Crippen molar-refractivity contribution in [2.24, 2.45) is 0 Å². The monoisotopic (exact) mass is 252 g/mol. The molecular weight excluding hydrogens is 236 g/mol. The quantitative estimate of drug-likeness (QED) is 0.833. The summed E-state index contributed by atoms with van der Waals surface area (Å²) in [7, 11) is 0. The normalized spacial score (nSPS) is 18.7. The summed E-state index contributed by atoms with van der Waals surface area (Å²) in [6.07, 6.45) is 4.10. The third-order valence-electron chi connectivity index (χ3n) is 2.83. The van der Waals surface area contributed by atoms with Crippen LogP contribution in [0.3, 0.4) is 0 Å². The van der Waals surface area contributed by atoms with E-state index in [9.17, 15) is 9.59 Å². The SMILES string of the molecule is CCC(=O)N1CC[C@@H](NC(=O)Nc2ncco2)C1. The van der Waals surface area contributed by atoms with Gasteiger partial charge in [0.2, 0.25) is 5.91 Å². The van der Waals surface area contributed by atoms with Gasteiger partial charge in [0, 0.05) is 25.6 Å². The van der Waals surface area contributed by atoms with Gasteiger partial charge in [0.05, 0.1) is 6.20 Å². The van der Waals surface area contributed by atoms with Gasteiger partial charge in [0.15, 0.2) is 0 Å². The van der Waals surface area contributed by atoms with Crippen LogP contribution in [-0.4, -0.2) is 41.0 Å². The molecule has 18 heavy (non-hydrogen) atoms. The lowest BCUT2D eigenvalue weighted by Crippen LogP contribution is -2.40. The Hall–Kier alpha value is -2.05. The molecule has 0 bridgehead atoms. The van der Waals surface area contributed by atoms with Crippen molar-refractivity contribution in [1.29, 1.82) is 0 Å². The van der Waals surface area contributed by atoms with E-state index in [2.05, 4.69) is 15.6 Å². The van der Waals surface area contributed by atoms with E-state index in [4.69, 9.17) is 4.42 Å². The third-order valence-corrected chi connectivity index (χ3v) is 2.83. The van der Waals surface area contributed by atoms with E-state index in [1.807, 2.05) is 6.92 Å². The van der Waals surface area contributed by atoms with Crippen molar-refractivity contribution in [2.45, 2.75) is 25.8 Å². The number of aromatic nitrogens is 1. The molecule has 2 N–H and O–H groups in total. The molecule has 0 unspecified atom stereocenters. The van der Waals surface area contributed by atoms with Crippen molar-refractivity contribution in [3.63, 3.8) is 0 Å². The zero-order chi connectivity index (χ0) is 13.0. The number of carbonyl (C=O) groups is 2. The Morgan fingerprint density at radius 2 is 2.44 bits per heavy atom. The average molecular weight is 252 g/mol. The predicted molar refractivity (Wildman–Crippen MR) is 63.9 cm³/mol. The van der Waals surface area contributed by atoms with E-state index in [1.54, 1.807) is 4.90 Å². The van der Waals surface area contributed by atoms with Crippen LogP contribution < -0.4 is 10.6 Å². The van der Waals surface area contributed by atoms with Crippen LogP contribution in [0.2, 0.25) is 0 Å². The number of rotatable bonds is 3. The fraction of sp³-hybridized carbons (Fsp3) is 0.545. The van der Waals surface area contributed by atoms with Crippen molar-refractivity contribution in [3.8, 4) is 0 Å². The minimum absolute atomic E-state index is 0.0181. The standard InChI is InChI=1S/C11H16N4O3/c1-2-9(16)15-5-3-8(7-15)13-10(17)14-11-12-4-6-18-11/h4,6,8H,2-3,5,7H2,1H3,(H2,12,13,14,17)/t8-/m1/s1. The molecule has 1 fully saturated rings. The predicted octanol–water partition coefficient (Wildman–Crippen LogP) is 0.807. The van der Waals surface area contributed by atoms with Crippen molar-refractivity contribution in [1.82, 2.24) is 15.2 Å². The lowest BCUT2D eigenvalue weighted by Gasteiger charge is -2.16. The molecule has 0 aromatic carbocycles. The molecule has 1 saturated heterocycles. The molecule has 1 atom stereocenters. The van der Waals surface area contributed by atoms with E-state index in [-0.39, 0.29) is 24.0 Å². The van der Waals surface area contributed by atoms with E-state index in [0.717, 1.165) is 6.42 Å². The van der Waals surface area contributed by atoms with Crippen LogP contribution in [0.5, 0.6) is 0 Å². The van der Waals surface area contributed by atoms with Gasteiger partial charge in [-0.15, -0.1) is 0 Å². The van der Waals surface area contributed by atoms with Crippen LogP contribution in [0.25, 0.3) is 0 Å². The number of carbonyl (C=O) groups excluding carboxylic acids is 2. The first-order valence-corrected chi connectivity index (χ1v) is 5.94. The number of nitrogens with zero attached hydrogens (tertiary/aromatic N) is 2. The molecule has 0 saturated carbocycles. The zero-order valence-corrected chi connectivity index (χ0v) is 10.2. The van der Waals surface area contributed by atoms with Crippen LogP contribution in [0, 0.1) is 0 Å². The number of nitrogens with one attached hydrogen (secondary N) is 2. The summed E-state index contributed by atoms with van der Waals surface area (Å²) in [4.78, 5) is 28.6. The van der Waals surface area contributed by atoms with Crippen LogP contribution in [0.4, 0.5) is 10.8 Å². The molecule has 7 nitrogen and oxygen atoms in total. The smallest absolute Gasteiger partial charge is 0.323 e. The lowest BCUT2D eigenvalue weighted by molar-refractivity contribution is -0.129. The lowest BCUT2D eigenvalue weighted by atomic mass is 10.3. The number of hydrogen-bond acceptors (Lipinski definition) is 4. The number of urea groups is 1. The summed E-state index contributed by atoms with van der Waals surface area (Å²) < 4.78 is 4.90. The van der Waals surface area contributed by atoms with E-state index in [1.165, 1.54) is 12.5 Å². The number of hydrogen-bond donors (Lipinski definition) is 2. The molecule has 0 spiro atoms. The second-order valence-electron chi connectivity index (χ2n) is 4.11. The van der Waals surface area contributed by atoms with E-state index < -0.39 is 0 Å². The first-order chi connectivity index (χ1) is 8.69. The summed E-state index contributed by atoms with van der Waals surface area (Å²) in [6.45, 7) is 3.08. The van der Waals surface area contributed by atoms with E-state index >= 15 is 0 Å².